The van der Waals surface area contributed by atoms with Crippen LogP contribution in [0.2, 0.25) is 0 Å². The van der Waals surface area contributed by atoms with Gasteiger partial charge in [0.15, 0.2) is 0 Å². The Morgan fingerprint density at radius 2 is 1.34 bits per heavy atom. The van der Waals surface area contributed by atoms with E-state index in [1.807, 2.05) is 0 Å². The molecule has 6 rings (SSSR count). The predicted octanol–water partition coefficient (Wildman–Crippen LogP) is -4.56. The van der Waals surface area contributed by atoms with Crippen molar-refractivity contribution in [3.63, 3.8) is 0 Å². The van der Waals surface area contributed by atoms with E-state index < -0.39 is 181 Å². The van der Waals surface area contributed by atoms with Gasteiger partial charge in [0.1, 0.15) is 72.2 Å². The zero-order valence-electron chi connectivity index (χ0n) is 52.7. The average molecular weight is 1410 g/mol. The molecule has 0 unspecified atom stereocenters. The fourth-order valence-corrected chi connectivity index (χ4v) is 15.0. The number of aromatic hydroxyl groups is 1. The van der Waals surface area contributed by atoms with Crippen LogP contribution in [0, 0.1) is 11.8 Å². The number of nitrogens with one attached hydrogen (secondary N) is 13. The summed E-state index contributed by atoms with van der Waals surface area (Å²) in [6, 6.07) is -10.3. The van der Waals surface area contributed by atoms with E-state index in [4.69, 9.17) is 5.73 Å². The molecule has 12 atom stereocenters. The molecule has 0 spiro atoms. The van der Waals surface area contributed by atoms with Crippen LogP contribution in [0.5, 0.6) is 5.75 Å². The smallest absolute Gasteiger partial charge is 0.327 e. The molecule has 95 heavy (non-hydrogen) atoms. The fraction of sp³-hybridized carbons (Fsp3) is 0.603. The number of unbranched alkanes of at least 4 members (excludes halogenated alkanes) is 1. The second kappa shape index (κ2) is 37.4. The van der Waals surface area contributed by atoms with Gasteiger partial charge in [-0.3, -0.25) is 62.3 Å². The number of H-pyrrole nitrogens is 1. The lowest BCUT2D eigenvalue weighted by Gasteiger charge is -2.31. The Labute approximate surface area is 562 Å². The maximum atomic E-state index is 15.0. The number of benzene rings is 1. The van der Waals surface area contributed by atoms with Gasteiger partial charge < -0.3 is 94.7 Å². The summed E-state index contributed by atoms with van der Waals surface area (Å²) in [7, 11) is 3.50. The monoisotopic (exact) mass is 1400 g/mol. The van der Waals surface area contributed by atoms with Crippen molar-refractivity contribution in [2.45, 2.75) is 158 Å². The highest BCUT2D eigenvalue weighted by atomic mass is 33.1. The van der Waals surface area contributed by atoms with E-state index >= 15 is 0 Å². The number of nitrogens with zero attached hydrogens (tertiary/aromatic N) is 2. The minimum absolute atomic E-state index is 0.00288. The van der Waals surface area contributed by atoms with Gasteiger partial charge in [-0.2, -0.15) is 0 Å². The quantitative estimate of drug-likeness (QED) is 0.0494. The molecule has 4 fully saturated rings. The molecule has 13 amide bonds. The van der Waals surface area contributed by atoms with Crippen molar-refractivity contribution in [1.82, 2.24) is 78.7 Å². The van der Waals surface area contributed by atoms with Crippen LogP contribution in [0.3, 0.4) is 0 Å². The first-order valence-corrected chi connectivity index (χ1v) is 35.9. The molecule has 33 nitrogen and oxygen atoms in total. The third kappa shape index (κ3) is 24.1. The molecule has 0 radical (unpaired) electrons. The highest BCUT2D eigenvalue weighted by Gasteiger charge is 2.44. The third-order valence-corrected chi connectivity index (χ3v) is 20.3. The average Bonchev–Trinajstić information content (AvgIpc) is 1.71. The number of phenolic OH excluding ortho intramolecular Hbond substituents is 1. The van der Waals surface area contributed by atoms with Gasteiger partial charge in [0.05, 0.1) is 25.5 Å². The molecule has 0 aliphatic carbocycles. The van der Waals surface area contributed by atoms with Crippen molar-refractivity contribution in [1.29, 1.82) is 0 Å². The van der Waals surface area contributed by atoms with E-state index in [-0.39, 0.29) is 86.3 Å². The molecule has 522 valence electrons. The molecule has 1 aromatic carbocycles. The molecule has 2 aromatic rings. The van der Waals surface area contributed by atoms with E-state index in [0.29, 0.717) is 24.1 Å². The van der Waals surface area contributed by atoms with Gasteiger partial charge in [-0.15, -0.1) is 0 Å². The summed E-state index contributed by atoms with van der Waals surface area (Å²) in [5, 5.41) is 62.4. The second-order valence-corrected chi connectivity index (χ2v) is 29.0. The maximum Gasteiger partial charge on any atom is 0.327 e. The number of nitrogens with two attached hydrogens (primary N) is 1. The first-order valence-electron chi connectivity index (χ1n) is 30.9. The van der Waals surface area contributed by atoms with E-state index in [1.165, 1.54) is 36.8 Å². The van der Waals surface area contributed by atoms with Crippen LogP contribution < -0.4 is 69.5 Å². The number of aromatic amines is 1. The van der Waals surface area contributed by atoms with Crippen molar-refractivity contribution in [3.8, 4) is 5.75 Å². The number of phenols is 1. The molecule has 37 heteroatoms. The van der Waals surface area contributed by atoms with Crippen molar-refractivity contribution in [2.75, 3.05) is 49.2 Å². The van der Waals surface area contributed by atoms with Gasteiger partial charge in [-0.25, -0.2) is 9.78 Å². The number of aliphatic hydroxyl groups is 1. The largest absolute Gasteiger partial charge is 0.508 e. The van der Waals surface area contributed by atoms with Crippen LogP contribution in [0.15, 0.2) is 36.8 Å². The number of carbonyl (C=O) groups excluding carboxylic acids is 13. The molecule has 18 N–H and O–H groups in total. The minimum Gasteiger partial charge on any atom is -0.508 e. The van der Waals surface area contributed by atoms with E-state index in [2.05, 4.69) is 73.8 Å². The summed E-state index contributed by atoms with van der Waals surface area (Å²) in [6.07, 6.45) is 1.55. The third-order valence-electron chi connectivity index (χ3n) is 15.4. The molecule has 0 saturated carbocycles. The number of aliphatic hydroxyl groups excluding tert-OH is 1. The number of hydrogen-bond acceptors (Lipinski definition) is 22. The molecule has 2 bridgehead atoms. The number of rotatable bonds is 18. The normalized spacial score (nSPS) is 26.4. The summed E-state index contributed by atoms with van der Waals surface area (Å²) >= 11 is 0. The van der Waals surface area contributed by atoms with Crippen LogP contribution in [-0.2, 0) is 80.0 Å². The lowest BCUT2D eigenvalue weighted by Crippen LogP contribution is -2.61. The number of aliphatic carboxylic acids is 1. The van der Waals surface area contributed by atoms with Crippen LogP contribution in [0.4, 0.5) is 0 Å². The zero-order valence-corrected chi connectivity index (χ0v) is 56.0. The molecular weight excluding hydrogens is 1320 g/mol. The Balaban J connectivity index is 1.41. The predicted molar refractivity (Wildman–Crippen MR) is 349 cm³/mol. The minimum atomic E-state index is -1.68. The SMILES string of the molecule is CC(C)C[C@@H]1NC(=O)[C@H](CCCCN)NC(=O)[C@H](Cc2ccc(O)cc2)NC(=O)CNC(=O)[C@@H]2CSSC[C@H](NC1=O)C(=O)N[C@@H](Cc1cnc[nH]1)C(=O)N1C[C@H](O)C[C@H]1C(=O)N[C@H](C(=O)O)CSSC[C@H](NC(=O)[C@@H](NC(=O)CNC(=O)[C@@H]1CCC(=O)N1)C(C)C)C(=O)N2. The number of amides is 13. The van der Waals surface area contributed by atoms with E-state index in [0.717, 1.165) is 48.1 Å². The number of aromatic nitrogens is 2. The van der Waals surface area contributed by atoms with Crippen molar-refractivity contribution >= 4 is 126 Å². The fourth-order valence-electron chi connectivity index (χ4n) is 10.3. The number of carboxylic acids is 1. The Morgan fingerprint density at radius 1 is 0.695 bits per heavy atom. The van der Waals surface area contributed by atoms with E-state index in [9.17, 15) is 82.4 Å². The number of hydrogen-bond donors (Lipinski definition) is 17. The van der Waals surface area contributed by atoms with Crippen LogP contribution >= 0.6 is 43.2 Å². The highest BCUT2D eigenvalue weighted by Crippen LogP contribution is 2.27. The standard InChI is InChI=1S/C58H84N16O17S4/c1-28(2)15-36-51(83)70-40-24-93-92-23-39(49(81)62-20-45(78)65-37(16-30-8-10-32(75)11-9-30)52(84)66-34(50(82)67-36)7-5-6-14-59)69-54(86)41(71-56(88)47(29(3)4)73-46(79)21-61-48(80)35-12-13-44(77)64-35)25-94-95-26-42(58(90)91)72-55(87)43-18-33(76)22-74(43)57(89)38(68-53(40)85)17-31-19-60-27-63-31/h8-11,19,27-29,33-43,47,75-76H,5-7,12-18,20-26,59H2,1-4H3,(H,60,63)(H,61,80)(H,62,81)(H,64,77)(H,65,78)(H,66,84)(H,67,82)(H,68,85)(H,69,86)(H,70,83)(H,71,88)(H,72,87)(H,73,79)(H,90,91)/t33-,34+,35+,36+,37+,38+,39+,40+,41+,42+,43+,47+/m1/s1. The van der Waals surface area contributed by atoms with Gasteiger partial charge in [-0.1, -0.05) is 83.0 Å². The summed E-state index contributed by atoms with van der Waals surface area (Å²) in [6.45, 7) is 5.05. The van der Waals surface area contributed by atoms with Gasteiger partial charge in [0.2, 0.25) is 76.8 Å². The summed E-state index contributed by atoms with van der Waals surface area (Å²) in [4.78, 5) is 204. The van der Waals surface area contributed by atoms with Crippen LogP contribution in [0.1, 0.15) is 83.9 Å². The van der Waals surface area contributed by atoms with Crippen molar-refractivity contribution < 1.29 is 82.4 Å². The lowest BCUT2D eigenvalue weighted by atomic mass is 10.0. The topological polar surface area (TPSA) is 502 Å². The lowest BCUT2D eigenvalue weighted by molar-refractivity contribution is -0.144. The maximum absolute atomic E-state index is 15.0. The Hall–Kier alpha value is -7.87. The highest BCUT2D eigenvalue weighted by molar-refractivity contribution is 8.77. The number of imidazole rings is 1. The Bertz CT molecular complexity index is 3080. The molecule has 4 aliphatic heterocycles. The van der Waals surface area contributed by atoms with Crippen LogP contribution in [0.25, 0.3) is 0 Å². The van der Waals surface area contributed by atoms with Gasteiger partial charge in [0.25, 0.3) is 0 Å². The van der Waals surface area contributed by atoms with Crippen LogP contribution in [-0.4, -0.2) is 235 Å². The summed E-state index contributed by atoms with van der Waals surface area (Å²) in [5.74, 6) is -15.2. The summed E-state index contributed by atoms with van der Waals surface area (Å²) < 4.78 is 0. The summed E-state index contributed by atoms with van der Waals surface area (Å²) in [5.41, 5.74) is 6.59. The molecular formula is C58H84N16O17S4. The Kier molecular flexibility index (Phi) is 30.0. The molecule has 4 aliphatic rings. The van der Waals surface area contributed by atoms with Crippen molar-refractivity contribution in [3.05, 3.63) is 48.0 Å². The zero-order chi connectivity index (χ0) is 69.5. The first kappa shape index (κ1) is 76.2. The Morgan fingerprint density at radius 3 is 1.98 bits per heavy atom. The number of fused-ring (bicyclic) bond motifs is 6. The number of carboxylic acid groups (broad SMARTS) is 1. The first-order chi connectivity index (χ1) is 45.2. The van der Waals surface area contributed by atoms with Crippen molar-refractivity contribution in [2.24, 2.45) is 17.6 Å². The molecule has 1 aromatic heterocycles. The van der Waals surface area contributed by atoms with E-state index in [1.54, 1.807) is 27.7 Å². The molecule has 4 saturated heterocycles. The van der Waals surface area contributed by atoms with Gasteiger partial charge in [-0.05, 0) is 68.2 Å². The second-order valence-electron chi connectivity index (χ2n) is 23.9. The van der Waals surface area contributed by atoms with Gasteiger partial charge >= 0.3 is 5.97 Å². The molecule has 5 heterocycles. The van der Waals surface area contributed by atoms with Gasteiger partial charge in [0, 0.05) is 67.1 Å². The number of carbonyl (C=O) groups is 14.